The Hall–Kier alpha value is -7.58. The molecule has 19 nitrogen and oxygen atoms in total. The molecule has 5 unspecified atom stereocenters. The van der Waals surface area contributed by atoms with Crippen LogP contribution in [-0.2, 0) is 56.5 Å². The molecule has 6 aromatic heterocycles. The van der Waals surface area contributed by atoms with E-state index in [-0.39, 0.29) is 44.6 Å². The summed E-state index contributed by atoms with van der Waals surface area (Å²) in [6.07, 6.45) is 44.5. The molecular weight excluding hydrogens is 1280 g/mol. The monoisotopic (exact) mass is 1380 g/mol. The SMILES string of the molecule is CCCC(CC(CC(CC)c1cc[n+](CCCCCC(=O)NCCCCCC[N+]2=CC=NC2c2cccc(C)n2)cc1)c1ccncc1)c1cc[n+](CCCCCOC(=O)[O-])cc1.C[N+]1=CC=NC1c1[n-]cc[n+]1C.Cn1ccnc1C1=NCC=[N+]1C.[Os+]. The number of amides is 1. The summed E-state index contributed by atoms with van der Waals surface area (Å²) in [5.41, 5.74) is 6.16. The number of unbranched alkanes of at least 4 members (excludes halogenated alkanes) is 7. The third-order valence-electron chi connectivity index (χ3n) is 16.4. The van der Waals surface area contributed by atoms with Gasteiger partial charge in [0.1, 0.15) is 38.6 Å². The third kappa shape index (κ3) is 22.5. The maximum absolute atomic E-state index is 12.5. The molecule has 3 aliphatic heterocycles. The van der Waals surface area contributed by atoms with E-state index in [4.69, 9.17) is 0 Å². The molecule has 9 rings (SSSR count). The average Bonchev–Trinajstić information content (AvgIpc) is 3.40. The van der Waals surface area contributed by atoms with Gasteiger partial charge in [0, 0.05) is 120 Å². The number of hydrogen-bond donors (Lipinski definition) is 1. The number of aryl methyl sites for hydroxylation is 5. The van der Waals surface area contributed by atoms with Crippen molar-refractivity contribution in [2.75, 3.05) is 40.3 Å². The topological polar surface area (TPSA) is 194 Å². The maximum atomic E-state index is 12.5. The Morgan fingerprint density at radius 2 is 1.40 bits per heavy atom. The number of imidazole rings is 2. The van der Waals surface area contributed by atoms with E-state index in [0.29, 0.717) is 30.6 Å². The number of pyridine rings is 4. The van der Waals surface area contributed by atoms with Crippen LogP contribution >= 0.6 is 0 Å². The fourth-order valence-electron chi connectivity index (χ4n) is 11.4. The zero-order valence-corrected chi connectivity index (χ0v) is 55.6. The van der Waals surface area contributed by atoms with Gasteiger partial charge in [-0.1, -0.05) is 37.7 Å². The third-order valence-corrected chi connectivity index (χ3v) is 16.4. The maximum Gasteiger partial charge on any atom is 1.00 e. The van der Waals surface area contributed by atoms with Crippen molar-refractivity contribution in [1.29, 1.82) is 0 Å². The van der Waals surface area contributed by atoms with E-state index in [1.54, 1.807) is 18.6 Å². The fourth-order valence-corrected chi connectivity index (χ4v) is 11.4. The Kier molecular flexibility index (Phi) is 30.0. The second-order valence-electron chi connectivity index (χ2n) is 23.0. The summed E-state index contributed by atoms with van der Waals surface area (Å²) in [5, 5.41) is 13.6. The molecule has 0 saturated carbocycles. The molecule has 1 radical (unpaired) electrons. The Labute approximate surface area is 535 Å². The van der Waals surface area contributed by atoms with Crippen molar-refractivity contribution < 1.29 is 66.7 Å². The van der Waals surface area contributed by atoms with Crippen molar-refractivity contribution in [3.63, 3.8) is 0 Å². The summed E-state index contributed by atoms with van der Waals surface area (Å²) >= 11 is 0. The number of amidine groups is 1. The van der Waals surface area contributed by atoms with Crippen LogP contribution in [0.3, 0.4) is 0 Å². The van der Waals surface area contributed by atoms with Gasteiger partial charge in [0.25, 0.3) is 12.3 Å². The number of ether oxygens (including phenoxy) is 1. The molecule has 6 aromatic rings. The molecule has 5 atom stereocenters. The molecule has 0 saturated heterocycles. The number of aliphatic imine (C=N–C) groups is 3. The summed E-state index contributed by atoms with van der Waals surface area (Å²) < 4.78 is 19.3. The van der Waals surface area contributed by atoms with Gasteiger partial charge in [0.2, 0.25) is 17.6 Å². The fraction of sp³-hybridized carbons (Fsp3) is 0.500. The number of aromatic nitrogens is 8. The molecule has 0 bridgehead atoms. The van der Waals surface area contributed by atoms with Gasteiger partial charge in [0.15, 0.2) is 43.8 Å². The van der Waals surface area contributed by atoms with Gasteiger partial charge in [0.05, 0.1) is 19.5 Å². The van der Waals surface area contributed by atoms with Crippen LogP contribution in [0.15, 0.2) is 132 Å². The van der Waals surface area contributed by atoms with Gasteiger partial charge in [-0.3, -0.25) is 9.78 Å². The number of carbonyl (C=O) groups is 2. The number of rotatable bonds is 32. The molecular formula is C68H95N15O4Os+5. The van der Waals surface area contributed by atoms with E-state index >= 15 is 0 Å². The number of carboxylic acid groups (broad SMARTS) is 1. The van der Waals surface area contributed by atoms with Gasteiger partial charge in [-0.05, 0) is 130 Å². The van der Waals surface area contributed by atoms with Crippen molar-refractivity contribution >= 4 is 49.0 Å². The van der Waals surface area contributed by atoms with Gasteiger partial charge in [-0.2, -0.15) is 0 Å². The van der Waals surface area contributed by atoms with Gasteiger partial charge >= 0.3 is 31.8 Å². The van der Waals surface area contributed by atoms with Crippen molar-refractivity contribution in [2.24, 2.45) is 29.1 Å². The van der Waals surface area contributed by atoms with E-state index in [1.807, 2.05) is 109 Å². The Balaban J connectivity index is 0.000000402. The van der Waals surface area contributed by atoms with Crippen molar-refractivity contribution in [1.82, 2.24) is 29.8 Å². The van der Waals surface area contributed by atoms with Crippen LogP contribution in [0.2, 0.25) is 0 Å². The van der Waals surface area contributed by atoms with E-state index in [9.17, 15) is 14.7 Å². The summed E-state index contributed by atoms with van der Waals surface area (Å²) in [6.45, 7) is 11.1. The van der Waals surface area contributed by atoms with Crippen molar-refractivity contribution in [2.45, 2.75) is 167 Å². The Morgan fingerprint density at radius 1 is 0.750 bits per heavy atom. The molecule has 3 aliphatic rings. The molecule has 9 heterocycles. The second-order valence-corrected chi connectivity index (χ2v) is 23.0. The van der Waals surface area contributed by atoms with E-state index < -0.39 is 6.16 Å². The molecule has 88 heavy (non-hydrogen) atoms. The predicted octanol–water partition coefficient (Wildman–Crippen LogP) is 7.79. The molecule has 20 heteroatoms. The first-order valence-corrected chi connectivity index (χ1v) is 31.6. The number of hydrogen-bond acceptors (Lipinski definition) is 10. The smallest absolute Gasteiger partial charge is 0.550 e. The molecule has 1 N–H and O–H groups in total. The zero-order chi connectivity index (χ0) is 61.6. The minimum atomic E-state index is -1.45. The summed E-state index contributed by atoms with van der Waals surface area (Å²) in [7, 11) is 7.92. The number of carbonyl (C=O) groups excluding carboxylic acids is 2. The summed E-state index contributed by atoms with van der Waals surface area (Å²) in [4.78, 5) is 53.6. The Bertz CT molecular complexity index is 3240. The number of nitrogens with one attached hydrogen (secondary N) is 1. The number of nitrogens with zero attached hydrogens (tertiary/aromatic N) is 14. The molecule has 0 spiro atoms. The van der Waals surface area contributed by atoms with Crippen LogP contribution in [0.1, 0.15) is 186 Å². The second kappa shape index (κ2) is 38.0. The normalized spacial score (nSPS) is 15.8. The largest absolute Gasteiger partial charge is 1.00 e. The zero-order valence-electron chi connectivity index (χ0n) is 53.0. The molecule has 469 valence electrons. The van der Waals surface area contributed by atoms with Crippen LogP contribution in [-0.4, -0.2) is 123 Å². The van der Waals surface area contributed by atoms with Crippen LogP contribution in [0.25, 0.3) is 0 Å². The van der Waals surface area contributed by atoms with E-state index in [0.717, 1.165) is 151 Å². The summed E-state index contributed by atoms with van der Waals surface area (Å²) in [5.74, 6) is 4.33. The molecule has 0 fully saturated rings. The van der Waals surface area contributed by atoms with Gasteiger partial charge in [-0.15, -0.1) is 0 Å². The first kappa shape index (κ1) is 69.5. The first-order chi connectivity index (χ1) is 42.4. The van der Waals surface area contributed by atoms with Crippen LogP contribution in [0, 0.1) is 6.92 Å². The van der Waals surface area contributed by atoms with Crippen molar-refractivity contribution in [3.05, 3.63) is 156 Å². The van der Waals surface area contributed by atoms with Crippen LogP contribution in [0.4, 0.5) is 4.79 Å². The predicted molar refractivity (Wildman–Crippen MR) is 338 cm³/mol. The van der Waals surface area contributed by atoms with Crippen molar-refractivity contribution in [3.8, 4) is 0 Å². The standard InChI is InChI=1S/C52H72N7O4.2C8H11N4.Os/c1-4-17-47(46-25-36-58(37-26-46)32-13-9-15-39-63-52(61)62)41-48(44-21-28-53-29-22-44)40-43(5-2)45-23-34-57(35-24-45)31-12-8-10-20-50(60)54-27-11-6-7-14-33-59-38-30-55-51(59)49-19-16-18-42(3)56-49;2*1-11-5-3-9-7(11)8-10-4-6-12(8)2;/h16,18-19,21-26,28-30,34-38,43,47-48,51H,4-15,17,20,27,31-33,39-41H2,1-3H3;3,5-6H,4H2,1-2H3;3-7H,1-2H3;/q4*+1/p+1. The van der Waals surface area contributed by atoms with Crippen LogP contribution in [0.5, 0.6) is 0 Å². The van der Waals surface area contributed by atoms with E-state index in [2.05, 4.69) is 146 Å². The Morgan fingerprint density at radius 3 is 2.01 bits per heavy atom. The minimum Gasteiger partial charge on any atom is -0.550 e. The summed E-state index contributed by atoms with van der Waals surface area (Å²) in [6, 6.07) is 19.7. The van der Waals surface area contributed by atoms with Gasteiger partial charge in [-0.25, -0.2) is 47.8 Å². The molecule has 0 aliphatic carbocycles. The van der Waals surface area contributed by atoms with Crippen LogP contribution < -0.4 is 29.1 Å². The molecule has 0 aromatic carbocycles. The van der Waals surface area contributed by atoms with E-state index in [1.165, 1.54) is 16.7 Å². The average molecular weight is 1380 g/mol. The van der Waals surface area contributed by atoms with Gasteiger partial charge < -0.3 is 29.1 Å². The quantitative estimate of drug-likeness (QED) is 0.0251. The first-order valence-electron chi connectivity index (χ1n) is 31.6. The molecule has 1 amide bonds. The minimum absolute atomic E-state index is 0.